The number of hydrogen-bond acceptors (Lipinski definition) is 5. The standard InChI is InChI=1S/C25H25N3O4S/c1-4-23(25(30)27-22-12-11-16(2)13-17(22)3)33-21-10-6-8-19(15-21)26-24(29)18-7-5-9-20(14-18)28(31)32/h5-15,23H,4H2,1-3H3,(H,26,29)(H,27,30). The Labute approximate surface area is 196 Å². The highest BCUT2D eigenvalue weighted by molar-refractivity contribution is 8.00. The third-order valence-corrected chi connectivity index (χ3v) is 6.35. The molecule has 0 saturated heterocycles. The minimum atomic E-state index is -0.540. The van der Waals surface area contributed by atoms with Gasteiger partial charge in [0.05, 0.1) is 10.2 Å². The maximum atomic E-state index is 12.9. The van der Waals surface area contributed by atoms with Gasteiger partial charge in [0.1, 0.15) is 0 Å². The second-order valence-corrected chi connectivity index (χ2v) is 8.89. The largest absolute Gasteiger partial charge is 0.325 e. The molecule has 3 aromatic carbocycles. The molecule has 33 heavy (non-hydrogen) atoms. The first kappa shape index (κ1) is 24.0. The van der Waals surface area contributed by atoms with Gasteiger partial charge in [0.25, 0.3) is 11.6 Å². The van der Waals surface area contributed by atoms with Gasteiger partial charge in [-0.2, -0.15) is 0 Å². The predicted molar refractivity (Wildman–Crippen MR) is 132 cm³/mol. The van der Waals surface area contributed by atoms with E-state index < -0.39 is 10.8 Å². The molecular formula is C25H25N3O4S. The van der Waals surface area contributed by atoms with E-state index in [0.717, 1.165) is 21.7 Å². The molecule has 0 spiro atoms. The minimum absolute atomic E-state index is 0.0829. The van der Waals surface area contributed by atoms with Crippen molar-refractivity contribution in [3.8, 4) is 0 Å². The zero-order chi connectivity index (χ0) is 24.0. The fourth-order valence-electron chi connectivity index (χ4n) is 3.26. The van der Waals surface area contributed by atoms with Crippen molar-refractivity contribution in [1.29, 1.82) is 0 Å². The number of amides is 2. The summed E-state index contributed by atoms with van der Waals surface area (Å²) in [6.45, 7) is 5.92. The first-order chi connectivity index (χ1) is 15.8. The zero-order valence-electron chi connectivity index (χ0n) is 18.6. The van der Waals surface area contributed by atoms with E-state index in [1.54, 1.807) is 18.2 Å². The molecule has 3 aromatic rings. The Morgan fingerprint density at radius 3 is 2.45 bits per heavy atom. The van der Waals surface area contributed by atoms with Crippen LogP contribution in [0.2, 0.25) is 0 Å². The normalized spacial score (nSPS) is 11.5. The number of aryl methyl sites for hydroxylation is 2. The van der Waals surface area contributed by atoms with E-state index in [-0.39, 0.29) is 22.4 Å². The molecule has 0 aromatic heterocycles. The summed E-state index contributed by atoms with van der Waals surface area (Å²) >= 11 is 1.42. The van der Waals surface area contributed by atoms with Crippen LogP contribution >= 0.6 is 11.8 Å². The van der Waals surface area contributed by atoms with Crippen molar-refractivity contribution in [2.45, 2.75) is 37.3 Å². The Balaban J connectivity index is 1.69. The number of nitrogens with one attached hydrogen (secondary N) is 2. The third-order valence-electron chi connectivity index (χ3n) is 4.99. The first-order valence-corrected chi connectivity index (χ1v) is 11.4. The lowest BCUT2D eigenvalue weighted by Crippen LogP contribution is -2.25. The van der Waals surface area contributed by atoms with Crippen molar-refractivity contribution in [3.63, 3.8) is 0 Å². The maximum Gasteiger partial charge on any atom is 0.270 e. The van der Waals surface area contributed by atoms with Gasteiger partial charge in [0.15, 0.2) is 0 Å². The van der Waals surface area contributed by atoms with Crippen LogP contribution in [0.4, 0.5) is 17.1 Å². The van der Waals surface area contributed by atoms with Crippen LogP contribution in [0.15, 0.2) is 71.6 Å². The molecular weight excluding hydrogens is 438 g/mol. The Kier molecular flexibility index (Phi) is 7.84. The van der Waals surface area contributed by atoms with Crippen LogP contribution < -0.4 is 10.6 Å². The molecule has 0 radical (unpaired) electrons. The van der Waals surface area contributed by atoms with Crippen molar-refractivity contribution in [3.05, 3.63) is 93.5 Å². The molecule has 0 aliphatic carbocycles. The van der Waals surface area contributed by atoms with E-state index in [4.69, 9.17) is 0 Å². The van der Waals surface area contributed by atoms with Crippen LogP contribution in [0.25, 0.3) is 0 Å². The van der Waals surface area contributed by atoms with Crippen LogP contribution in [0.5, 0.6) is 0 Å². The number of nitro benzene ring substituents is 1. The molecule has 0 aliphatic heterocycles. The molecule has 3 rings (SSSR count). The van der Waals surface area contributed by atoms with E-state index in [1.807, 2.05) is 45.0 Å². The average Bonchev–Trinajstić information content (AvgIpc) is 2.79. The number of benzene rings is 3. The molecule has 0 heterocycles. The van der Waals surface area contributed by atoms with Crippen LogP contribution in [-0.2, 0) is 4.79 Å². The van der Waals surface area contributed by atoms with Gasteiger partial charge in [-0.25, -0.2) is 0 Å². The summed E-state index contributed by atoms with van der Waals surface area (Å²) in [5, 5.41) is 16.4. The number of non-ortho nitro benzene ring substituents is 1. The predicted octanol–water partition coefficient (Wildman–Crippen LogP) is 5.97. The highest BCUT2D eigenvalue weighted by Gasteiger charge is 2.19. The lowest BCUT2D eigenvalue weighted by molar-refractivity contribution is -0.384. The van der Waals surface area contributed by atoms with Crippen molar-refractivity contribution in [1.82, 2.24) is 0 Å². The van der Waals surface area contributed by atoms with E-state index in [0.29, 0.717) is 12.1 Å². The summed E-state index contributed by atoms with van der Waals surface area (Å²) in [4.78, 5) is 36.6. The van der Waals surface area contributed by atoms with Gasteiger partial charge >= 0.3 is 0 Å². The van der Waals surface area contributed by atoms with Gasteiger partial charge in [-0.1, -0.05) is 36.8 Å². The van der Waals surface area contributed by atoms with Gasteiger partial charge in [0, 0.05) is 34.0 Å². The van der Waals surface area contributed by atoms with Crippen LogP contribution in [-0.4, -0.2) is 22.0 Å². The maximum absolute atomic E-state index is 12.9. The summed E-state index contributed by atoms with van der Waals surface area (Å²) in [7, 11) is 0. The SMILES string of the molecule is CCC(Sc1cccc(NC(=O)c2cccc([N+](=O)[O-])c2)c1)C(=O)Nc1ccc(C)cc1C. The number of rotatable bonds is 8. The Bertz CT molecular complexity index is 1200. The van der Waals surface area contributed by atoms with Gasteiger partial charge in [0.2, 0.25) is 5.91 Å². The third kappa shape index (κ3) is 6.43. The lowest BCUT2D eigenvalue weighted by atomic mass is 10.1. The summed E-state index contributed by atoms with van der Waals surface area (Å²) < 4.78 is 0. The van der Waals surface area contributed by atoms with Crippen molar-refractivity contribution >= 4 is 40.6 Å². The number of nitro groups is 1. The number of carbonyl (C=O) groups excluding carboxylic acids is 2. The summed E-state index contributed by atoms with van der Waals surface area (Å²) in [5.41, 5.74) is 3.53. The average molecular weight is 464 g/mol. The molecule has 2 amide bonds. The Morgan fingerprint density at radius 1 is 1.00 bits per heavy atom. The van der Waals surface area contributed by atoms with Crippen molar-refractivity contribution in [2.24, 2.45) is 0 Å². The number of hydrogen-bond donors (Lipinski definition) is 2. The molecule has 0 saturated carbocycles. The summed E-state index contributed by atoms with van der Waals surface area (Å²) in [6.07, 6.45) is 0.631. The van der Waals surface area contributed by atoms with Gasteiger partial charge in [-0.3, -0.25) is 19.7 Å². The number of carbonyl (C=O) groups is 2. The van der Waals surface area contributed by atoms with Gasteiger partial charge in [-0.15, -0.1) is 11.8 Å². The van der Waals surface area contributed by atoms with E-state index in [1.165, 1.54) is 36.0 Å². The molecule has 0 aliphatic rings. The van der Waals surface area contributed by atoms with Gasteiger partial charge < -0.3 is 10.6 Å². The summed E-state index contributed by atoms with van der Waals surface area (Å²) in [6, 6.07) is 18.6. The quantitative estimate of drug-likeness (QED) is 0.243. The van der Waals surface area contributed by atoms with Crippen molar-refractivity contribution < 1.29 is 14.5 Å². The molecule has 1 atom stereocenters. The van der Waals surface area contributed by atoms with E-state index in [2.05, 4.69) is 10.6 Å². The molecule has 0 fully saturated rings. The lowest BCUT2D eigenvalue weighted by Gasteiger charge is -2.17. The molecule has 8 heteroatoms. The Morgan fingerprint density at radius 2 is 1.76 bits per heavy atom. The van der Waals surface area contributed by atoms with Crippen LogP contribution in [0, 0.1) is 24.0 Å². The smallest absolute Gasteiger partial charge is 0.270 e. The minimum Gasteiger partial charge on any atom is -0.325 e. The number of thioether (sulfide) groups is 1. The number of nitrogens with zero attached hydrogens (tertiary/aromatic N) is 1. The van der Waals surface area contributed by atoms with Crippen LogP contribution in [0.3, 0.4) is 0 Å². The van der Waals surface area contributed by atoms with Gasteiger partial charge in [-0.05, 0) is 56.2 Å². The zero-order valence-corrected chi connectivity index (χ0v) is 19.4. The second-order valence-electron chi connectivity index (χ2n) is 7.61. The van der Waals surface area contributed by atoms with E-state index in [9.17, 15) is 19.7 Å². The highest BCUT2D eigenvalue weighted by atomic mass is 32.2. The molecule has 7 nitrogen and oxygen atoms in total. The molecule has 170 valence electrons. The molecule has 2 N–H and O–H groups in total. The monoisotopic (exact) mass is 463 g/mol. The highest BCUT2D eigenvalue weighted by Crippen LogP contribution is 2.29. The molecule has 1 unspecified atom stereocenters. The second kappa shape index (κ2) is 10.8. The van der Waals surface area contributed by atoms with Crippen molar-refractivity contribution in [2.75, 3.05) is 10.6 Å². The number of anilines is 2. The Hall–Kier alpha value is -3.65. The van der Waals surface area contributed by atoms with E-state index >= 15 is 0 Å². The first-order valence-electron chi connectivity index (χ1n) is 10.5. The molecule has 0 bridgehead atoms. The van der Waals surface area contributed by atoms with Crippen LogP contribution in [0.1, 0.15) is 34.8 Å². The summed E-state index contributed by atoms with van der Waals surface area (Å²) in [5.74, 6) is -0.527. The topological polar surface area (TPSA) is 101 Å². The fourth-order valence-corrected chi connectivity index (χ4v) is 4.28. The fraction of sp³-hybridized carbons (Fsp3) is 0.200.